The lowest BCUT2D eigenvalue weighted by molar-refractivity contribution is -0.125. The summed E-state index contributed by atoms with van der Waals surface area (Å²) in [6, 6.07) is 8.32. The van der Waals surface area contributed by atoms with Gasteiger partial charge >= 0.3 is 0 Å². The summed E-state index contributed by atoms with van der Waals surface area (Å²) < 4.78 is 5.23. The molecule has 2 fully saturated rings. The van der Waals surface area contributed by atoms with Gasteiger partial charge in [-0.3, -0.25) is 14.7 Å². The molecule has 0 saturated carbocycles. The van der Waals surface area contributed by atoms with E-state index in [1.165, 1.54) is 5.56 Å². The van der Waals surface area contributed by atoms with Gasteiger partial charge in [-0.05, 0) is 62.4 Å². The van der Waals surface area contributed by atoms with Crippen LogP contribution in [0.15, 0.2) is 42.9 Å². The van der Waals surface area contributed by atoms with E-state index in [1.807, 2.05) is 12.1 Å². The molecule has 2 aliphatic rings. The molecule has 7 heteroatoms. The fourth-order valence-corrected chi connectivity index (χ4v) is 4.58. The third-order valence-corrected chi connectivity index (χ3v) is 6.50. The molecule has 2 saturated heterocycles. The summed E-state index contributed by atoms with van der Waals surface area (Å²) >= 11 is 0. The van der Waals surface area contributed by atoms with Crippen LogP contribution in [0.3, 0.4) is 0 Å². The minimum absolute atomic E-state index is 0.0333. The maximum Gasteiger partial charge on any atom is 0.224 e. The molecule has 0 unspecified atom stereocenters. The molecule has 4 rings (SSSR count). The van der Waals surface area contributed by atoms with Crippen molar-refractivity contribution in [2.24, 2.45) is 11.8 Å². The van der Waals surface area contributed by atoms with Gasteiger partial charge in [0.15, 0.2) is 0 Å². The number of amides is 1. The zero-order chi connectivity index (χ0) is 21.5. The van der Waals surface area contributed by atoms with Gasteiger partial charge in [-0.2, -0.15) is 0 Å². The average molecular weight is 424 g/mol. The first-order valence-electron chi connectivity index (χ1n) is 11.3. The van der Waals surface area contributed by atoms with Gasteiger partial charge in [0.05, 0.1) is 19.2 Å². The summed E-state index contributed by atoms with van der Waals surface area (Å²) in [6.07, 6.45) is 9.39. The van der Waals surface area contributed by atoms with Crippen molar-refractivity contribution in [1.82, 2.24) is 20.2 Å². The van der Waals surface area contributed by atoms with Crippen molar-refractivity contribution in [3.05, 3.63) is 48.4 Å². The van der Waals surface area contributed by atoms with Crippen LogP contribution in [0, 0.1) is 11.8 Å². The second kappa shape index (κ2) is 10.6. The smallest absolute Gasteiger partial charge is 0.224 e. The van der Waals surface area contributed by atoms with Crippen LogP contribution in [0.4, 0.5) is 5.82 Å². The third kappa shape index (κ3) is 5.94. The summed E-state index contributed by atoms with van der Waals surface area (Å²) in [4.78, 5) is 26.0. The van der Waals surface area contributed by atoms with Crippen LogP contribution in [-0.2, 0) is 11.3 Å². The second-order valence-corrected chi connectivity index (χ2v) is 8.66. The Morgan fingerprint density at radius 1 is 1.13 bits per heavy atom. The molecule has 31 heavy (non-hydrogen) atoms. The lowest BCUT2D eigenvalue weighted by atomic mass is 9.94. The van der Waals surface area contributed by atoms with E-state index in [9.17, 15) is 4.79 Å². The molecule has 0 radical (unpaired) electrons. The van der Waals surface area contributed by atoms with Crippen LogP contribution < -0.4 is 15.0 Å². The van der Waals surface area contributed by atoms with Crippen LogP contribution in [0.5, 0.6) is 5.75 Å². The van der Waals surface area contributed by atoms with Gasteiger partial charge in [-0.25, -0.2) is 4.98 Å². The molecule has 2 aliphatic heterocycles. The number of piperidine rings is 2. The number of ether oxygens (including phenoxy) is 1. The Labute approximate surface area is 184 Å². The van der Waals surface area contributed by atoms with Crippen molar-refractivity contribution in [3.63, 3.8) is 0 Å². The predicted octanol–water partition coefficient (Wildman–Crippen LogP) is 2.73. The monoisotopic (exact) mass is 423 g/mol. The van der Waals surface area contributed by atoms with Crippen molar-refractivity contribution < 1.29 is 9.53 Å². The van der Waals surface area contributed by atoms with Crippen LogP contribution in [-0.4, -0.2) is 60.6 Å². The highest BCUT2D eigenvalue weighted by Gasteiger charge is 2.27. The van der Waals surface area contributed by atoms with Crippen LogP contribution in [0.25, 0.3) is 0 Å². The van der Waals surface area contributed by atoms with Gasteiger partial charge < -0.3 is 15.0 Å². The van der Waals surface area contributed by atoms with E-state index in [0.29, 0.717) is 5.92 Å². The number of hydrogen-bond acceptors (Lipinski definition) is 6. The van der Waals surface area contributed by atoms with E-state index < -0.39 is 0 Å². The molecule has 1 N–H and O–H groups in total. The molecule has 1 aromatic carbocycles. The molecule has 0 aliphatic carbocycles. The Bertz CT molecular complexity index is 822. The van der Waals surface area contributed by atoms with Crippen molar-refractivity contribution in [2.45, 2.75) is 32.2 Å². The minimum atomic E-state index is 0.0333. The first-order valence-corrected chi connectivity index (χ1v) is 11.3. The Morgan fingerprint density at radius 3 is 2.65 bits per heavy atom. The summed E-state index contributed by atoms with van der Waals surface area (Å²) in [7, 11) is 1.70. The number of carbonyl (C=O) groups excluding carboxylic acids is 1. The largest absolute Gasteiger partial charge is 0.497 e. The van der Waals surface area contributed by atoms with E-state index in [1.54, 1.807) is 25.7 Å². The third-order valence-electron chi connectivity index (χ3n) is 6.50. The van der Waals surface area contributed by atoms with Gasteiger partial charge in [0.25, 0.3) is 0 Å². The second-order valence-electron chi connectivity index (χ2n) is 8.66. The Morgan fingerprint density at radius 2 is 1.94 bits per heavy atom. The summed E-state index contributed by atoms with van der Waals surface area (Å²) in [5.41, 5.74) is 1.32. The fourth-order valence-electron chi connectivity index (χ4n) is 4.58. The molecule has 3 heterocycles. The number of rotatable bonds is 7. The summed E-state index contributed by atoms with van der Waals surface area (Å²) in [5, 5.41) is 3.24. The Balaban J connectivity index is 1.18. The van der Waals surface area contributed by atoms with Crippen molar-refractivity contribution in [2.75, 3.05) is 44.7 Å². The van der Waals surface area contributed by atoms with E-state index >= 15 is 0 Å². The number of nitrogens with one attached hydrogen (secondary N) is 1. The molecule has 1 atom stereocenters. The number of hydrogen-bond donors (Lipinski definition) is 1. The highest BCUT2D eigenvalue weighted by atomic mass is 16.5. The van der Waals surface area contributed by atoms with E-state index in [-0.39, 0.29) is 11.8 Å². The highest BCUT2D eigenvalue weighted by molar-refractivity contribution is 5.79. The quantitative estimate of drug-likeness (QED) is 0.738. The van der Waals surface area contributed by atoms with Crippen LogP contribution in [0.1, 0.15) is 31.2 Å². The maximum atomic E-state index is 12.8. The number of likely N-dealkylation sites (tertiary alicyclic amines) is 1. The summed E-state index contributed by atoms with van der Waals surface area (Å²) in [5.74, 6) is 2.55. The van der Waals surface area contributed by atoms with Gasteiger partial charge in [0.1, 0.15) is 11.6 Å². The van der Waals surface area contributed by atoms with Crippen molar-refractivity contribution >= 4 is 11.7 Å². The number of carbonyl (C=O) groups is 1. The molecule has 7 nitrogen and oxygen atoms in total. The molecule has 166 valence electrons. The van der Waals surface area contributed by atoms with Gasteiger partial charge in [0, 0.05) is 38.6 Å². The molecular weight excluding hydrogens is 390 g/mol. The van der Waals surface area contributed by atoms with E-state index in [2.05, 4.69) is 37.2 Å². The van der Waals surface area contributed by atoms with Crippen LogP contribution >= 0.6 is 0 Å². The molecule has 0 spiro atoms. The zero-order valence-corrected chi connectivity index (χ0v) is 18.4. The molecule has 2 aromatic rings. The van der Waals surface area contributed by atoms with E-state index in [0.717, 1.165) is 76.5 Å². The van der Waals surface area contributed by atoms with E-state index in [4.69, 9.17) is 4.74 Å². The lowest BCUT2D eigenvalue weighted by Gasteiger charge is -2.34. The first kappa shape index (κ1) is 21.6. The number of methoxy groups -OCH3 is 1. The maximum absolute atomic E-state index is 12.8. The molecule has 1 amide bonds. The van der Waals surface area contributed by atoms with Gasteiger partial charge in [-0.15, -0.1) is 0 Å². The van der Waals surface area contributed by atoms with Gasteiger partial charge in [-0.1, -0.05) is 12.1 Å². The fraction of sp³-hybridized carbons (Fsp3) is 0.542. The van der Waals surface area contributed by atoms with Crippen molar-refractivity contribution in [3.8, 4) is 5.75 Å². The molecule has 1 aromatic heterocycles. The standard InChI is InChI=1S/C24H33N5O2/c1-31-22-6-4-20(5-7-22)17-28-13-8-19(9-14-28)15-27-24(30)21-3-2-12-29(18-21)23-16-25-10-11-26-23/h4-7,10-11,16,19,21H,2-3,8-9,12-15,17-18H2,1H3,(H,27,30)/t21-/m0/s1. The number of nitrogens with zero attached hydrogens (tertiary/aromatic N) is 4. The number of benzene rings is 1. The van der Waals surface area contributed by atoms with Gasteiger partial charge in [0.2, 0.25) is 5.91 Å². The summed E-state index contributed by atoms with van der Waals surface area (Å²) in [6.45, 7) is 5.59. The Kier molecular flexibility index (Phi) is 7.35. The predicted molar refractivity (Wildman–Crippen MR) is 121 cm³/mol. The zero-order valence-electron chi connectivity index (χ0n) is 18.4. The SMILES string of the molecule is COc1ccc(CN2CCC(CNC(=O)[C@H]3CCCN(c4cnccn4)C3)CC2)cc1. The average Bonchev–Trinajstić information content (AvgIpc) is 2.84. The number of anilines is 1. The molecule has 0 bridgehead atoms. The van der Waals surface area contributed by atoms with Crippen LogP contribution in [0.2, 0.25) is 0 Å². The minimum Gasteiger partial charge on any atom is -0.497 e. The molecular formula is C24H33N5O2. The van der Waals surface area contributed by atoms with Crippen molar-refractivity contribution in [1.29, 1.82) is 0 Å². The Hall–Kier alpha value is -2.67. The lowest BCUT2D eigenvalue weighted by Crippen LogP contribution is -2.45. The number of aromatic nitrogens is 2. The first-order chi connectivity index (χ1) is 15.2. The normalized spacial score (nSPS) is 20.4. The highest BCUT2D eigenvalue weighted by Crippen LogP contribution is 2.22. The topological polar surface area (TPSA) is 70.6 Å².